The Labute approximate surface area is 130 Å². The summed E-state index contributed by atoms with van der Waals surface area (Å²) < 4.78 is 0. The van der Waals surface area contributed by atoms with Crippen molar-refractivity contribution in [2.24, 2.45) is 0 Å². The van der Waals surface area contributed by atoms with Crippen LogP contribution in [-0.2, 0) is 5.41 Å². The molecule has 0 radical (unpaired) electrons. The Morgan fingerprint density at radius 2 is 1.85 bits per heavy atom. The molecule has 1 N–H and O–H groups in total. The number of thiazole rings is 1. The minimum Gasteiger partial charge on any atom is -0.307 e. The van der Waals surface area contributed by atoms with Crippen LogP contribution >= 0.6 is 23.1 Å². The fourth-order valence-electron chi connectivity index (χ4n) is 1.99. The highest BCUT2D eigenvalue weighted by molar-refractivity contribution is 7.98. The van der Waals surface area contributed by atoms with E-state index in [0.29, 0.717) is 0 Å². The van der Waals surface area contributed by atoms with Gasteiger partial charge in [-0.1, -0.05) is 32.9 Å². The molecule has 0 aliphatic heterocycles. The maximum atomic E-state index is 4.82. The molecule has 1 unspecified atom stereocenters. The molecular weight excluding hydrogens is 284 g/mol. The molecule has 2 aromatic rings. The predicted octanol–water partition coefficient (Wildman–Crippen LogP) is 4.47. The van der Waals surface area contributed by atoms with E-state index in [-0.39, 0.29) is 11.5 Å². The lowest BCUT2D eigenvalue weighted by molar-refractivity contribution is 0.566. The zero-order valence-electron chi connectivity index (χ0n) is 12.7. The van der Waals surface area contributed by atoms with Crippen molar-refractivity contribution in [3.63, 3.8) is 0 Å². The van der Waals surface area contributed by atoms with Crippen LogP contribution in [0, 0.1) is 0 Å². The first-order chi connectivity index (χ1) is 9.45. The summed E-state index contributed by atoms with van der Waals surface area (Å²) in [6.45, 7) is 6.61. The molecule has 0 saturated heterocycles. The van der Waals surface area contributed by atoms with Gasteiger partial charge in [0.15, 0.2) is 0 Å². The van der Waals surface area contributed by atoms with Crippen molar-refractivity contribution >= 4 is 23.1 Å². The Morgan fingerprint density at radius 3 is 2.30 bits per heavy atom. The van der Waals surface area contributed by atoms with Crippen molar-refractivity contribution in [1.82, 2.24) is 10.3 Å². The summed E-state index contributed by atoms with van der Waals surface area (Å²) in [4.78, 5) is 6.11. The van der Waals surface area contributed by atoms with Gasteiger partial charge in [-0.05, 0) is 31.0 Å². The first kappa shape index (κ1) is 15.5. The van der Waals surface area contributed by atoms with Crippen molar-refractivity contribution in [2.45, 2.75) is 37.1 Å². The summed E-state index contributed by atoms with van der Waals surface area (Å²) in [5.41, 5.74) is 2.54. The average molecular weight is 306 g/mol. The maximum Gasteiger partial charge on any atom is 0.114 e. The van der Waals surface area contributed by atoms with Gasteiger partial charge in [-0.3, -0.25) is 0 Å². The number of nitrogens with zero attached hydrogens (tertiary/aromatic N) is 1. The maximum absolute atomic E-state index is 4.82. The van der Waals surface area contributed by atoms with Crippen LogP contribution < -0.4 is 5.32 Å². The van der Waals surface area contributed by atoms with Gasteiger partial charge in [-0.15, -0.1) is 23.1 Å². The number of nitrogens with one attached hydrogen (secondary N) is 1. The summed E-state index contributed by atoms with van der Waals surface area (Å²) in [6, 6.07) is 8.88. The number of thioether (sulfide) groups is 1. The number of hydrogen-bond acceptors (Lipinski definition) is 4. The van der Waals surface area contributed by atoms with E-state index in [9.17, 15) is 0 Å². The molecule has 1 atom stereocenters. The summed E-state index contributed by atoms with van der Waals surface area (Å²) in [7, 11) is 1.99. The molecule has 4 heteroatoms. The van der Waals surface area contributed by atoms with Crippen LogP contribution in [0.1, 0.15) is 43.1 Å². The first-order valence-corrected chi connectivity index (χ1v) is 8.83. The van der Waals surface area contributed by atoms with Crippen molar-refractivity contribution in [3.05, 3.63) is 45.9 Å². The Morgan fingerprint density at radius 1 is 1.20 bits per heavy atom. The zero-order chi connectivity index (χ0) is 14.8. The van der Waals surface area contributed by atoms with E-state index in [1.807, 2.05) is 7.05 Å². The molecule has 20 heavy (non-hydrogen) atoms. The zero-order valence-corrected chi connectivity index (χ0v) is 14.4. The lowest BCUT2D eigenvalue weighted by atomic mass is 9.93. The van der Waals surface area contributed by atoms with Gasteiger partial charge in [-0.25, -0.2) is 4.98 Å². The number of hydrogen-bond donors (Lipinski definition) is 1. The Kier molecular flexibility index (Phi) is 4.89. The number of aromatic nitrogens is 1. The molecule has 1 aromatic carbocycles. The van der Waals surface area contributed by atoms with Gasteiger partial charge in [0.2, 0.25) is 0 Å². The monoisotopic (exact) mass is 306 g/mol. The van der Waals surface area contributed by atoms with E-state index in [2.05, 4.69) is 62.0 Å². The quantitative estimate of drug-likeness (QED) is 0.844. The molecule has 0 amide bonds. The van der Waals surface area contributed by atoms with Gasteiger partial charge in [0.05, 0.1) is 11.7 Å². The van der Waals surface area contributed by atoms with Gasteiger partial charge >= 0.3 is 0 Å². The predicted molar refractivity (Wildman–Crippen MR) is 89.9 cm³/mol. The molecule has 108 valence electrons. The Bertz CT molecular complexity index is 553. The molecule has 0 aliphatic rings. The van der Waals surface area contributed by atoms with E-state index in [4.69, 9.17) is 4.98 Å². The summed E-state index contributed by atoms with van der Waals surface area (Å²) >= 11 is 3.50. The standard InChI is InChI=1S/C16H22N2S2/c1-16(2,3)13-10-20-15(18-13)14(17-4)11-6-8-12(19-5)9-7-11/h6-10,14,17H,1-5H3. The largest absolute Gasteiger partial charge is 0.307 e. The molecule has 2 rings (SSSR count). The van der Waals surface area contributed by atoms with Gasteiger partial charge in [0.25, 0.3) is 0 Å². The molecule has 1 aromatic heterocycles. The van der Waals surface area contributed by atoms with Crippen LogP contribution in [0.25, 0.3) is 0 Å². The molecular formula is C16H22N2S2. The second-order valence-electron chi connectivity index (χ2n) is 5.82. The smallest absolute Gasteiger partial charge is 0.114 e. The van der Waals surface area contributed by atoms with Crippen LogP contribution in [0.3, 0.4) is 0 Å². The summed E-state index contributed by atoms with van der Waals surface area (Å²) in [5.74, 6) is 0. The van der Waals surface area contributed by atoms with Gasteiger partial charge in [0, 0.05) is 15.7 Å². The fraction of sp³-hybridized carbons (Fsp3) is 0.438. The van der Waals surface area contributed by atoms with E-state index >= 15 is 0 Å². The molecule has 0 fully saturated rings. The average Bonchev–Trinajstić information content (AvgIpc) is 2.90. The van der Waals surface area contributed by atoms with Crippen LogP contribution in [0.4, 0.5) is 0 Å². The third-order valence-corrected chi connectivity index (χ3v) is 4.93. The highest BCUT2D eigenvalue weighted by Crippen LogP contribution is 2.30. The molecule has 0 spiro atoms. The van der Waals surface area contributed by atoms with Gasteiger partial charge in [0.1, 0.15) is 5.01 Å². The number of rotatable bonds is 4. The molecule has 2 nitrogen and oxygen atoms in total. The highest BCUT2D eigenvalue weighted by Gasteiger charge is 2.21. The minimum absolute atomic E-state index is 0.107. The molecule has 0 aliphatic carbocycles. The highest BCUT2D eigenvalue weighted by atomic mass is 32.2. The lowest BCUT2D eigenvalue weighted by Gasteiger charge is -2.16. The second-order valence-corrected chi connectivity index (χ2v) is 7.59. The van der Waals surface area contributed by atoms with Crippen molar-refractivity contribution in [3.8, 4) is 0 Å². The van der Waals surface area contributed by atoms with Crippen LogP contribution in [0.2, 0.25) is 0 Å². The minimum atomic E-state index is 0.107. The van der Waals surface area contributed by atoms with Crippen molar-refractivity contribution in [1.29, 1.82) is 0 Å². The van der Waals surface area contributed by atoms with Gasteiger partial charge in [-0.2, -0.15) is 0 Å². The SMILES string of the molecule is CNC(c1ccc(SC)cc1)c1nc(C(C)(C)C)cs1. The fourth-order valence-corrected chi connectivity index (χ4v) is 3.58. The van der Waals surface area contributed by atoms with Crippen LogP contribution in [0.15, 0.2) is 34.5 Å². The van der Waals surface area contributed by atoms with Crippen molar-refractivity contribution in [2.75, 3.05) is 13.3 Å². The first-order valence-electron chi connectivity index (χ1n) is 6.73. The summed E-state index contributed by atoms with van der Waals surface area (Å²) in [5, 5.41) is 6.69. The van der Waals surface area contributed by atoms with Crippen LogP contribution in [0.5, 0.6) is 0 Å². The second kappa shape index (κ2) is 6.29. The van der Waals surface area contributed by atoms with Crippen LogP contribution in [-0.4, -0.2) is 18.3 Å². The lowest BCUT2D eigenvalue weighted by Crippen LogP contribution is -2.18. The Hall–Kier alpha value is -0.840. The summed E-state index contributed by atoms with van der Waals surface area (Å²) in [6.07, 6.45) is 2.10. The third kappa shape index (κ3) is 3.43. The molecule has 1 heterocycles. The topological polar surface area (TPSA) is 24.9 Å². The van der Waals surface area contributed by atoms with E-state index in [1.54, 1.807) is 23.1 Å². The Balaban J connectivity index is 2.29. The van der Waals surface area contributed by atoms with E-state index in [1.165, 1.54) is 16.2 Å². The van der Waals surface area contributed by atoms with Crippen molar-refractivity contribution < 1.29 is 0 Å². The van der Waals surface area contributed by atoms with Gasteiger partial charge < -0.3 is 5.32 Å². The third-order valence-electron chi connectivity index (χ3n) is 3.28. The van der Waals surface area contributed by atoms with E-state index < -0.39 is 0 Å². The number of benzene rings is 1. The molecule has 0 bridgehead atoms. The molecule has 0 saturated carbocycles. The van der Waals surface area contributed by atoms with E-state index in [0.717, 1.165) is 5.01 Å². The normalized spacial score (nSPS) is 13.4.